The van der Waals surface area contributed by atoms with E-state index in [0.717, 1.165) is 13.1 Å². The summed E-state index contributed by atoms with van der Waals surface area (Å²) in [4.78, 5) is 14.3. The first-order chi connectivity index (χ1) is 9.87. The molecule has 2 amide bonds. The van der Waals surface area contributed by atoms with Crippen molar-refractivity contribution < 1.29 is 4.79 Å². The standard InChI is InChI=1S/C17H29N3O/c1-6-20(7-2)15(14-11-9-8-10-12-14)13-18-16(21)19-17(3,4)5/h8-12,15H,6-7,13H2,1-5H3,(H2,18,19,21). The topological polar surface area (TPSA) is 44.4 Å². The number of benzene rings is 1. The highest BCUT2D eigenvalue weighted by Crippen LogP contribution is 2.19. The van der Waals surface area contributed by atoms with Gasteiger partial charge in [0.15, 0.2) is 0 Å². The van der Waals surface area contributed by atoms with Crippen LogP contribution in [0.5, 0.6) is 0 Å². The molecule has 1 atom stereocenters. The second-order valence-electron chi connectivity index (χ2n) is 6.23. The number of rotatable bonds is 6. The molecular weight excluding hydrogens is 262 g/mol. The molecule has 1 aromatic rings. The molecule has 4 heteroatoms. The average Bonchev–Trinajstić information content (AvgIpc) is 2.42. The Kier molecular flexibility index (Phi) is 6.69. The second-order valence-corrected chi connectivity index (χ2v) is 6.23. The fourth-order valence-electron chi connectivity index (χ4n) is 2.37. The molecule has 0 aliphatic heterocycles. The van der Waals surface area contributed by atoms with Crippen molar-refractivity contribution >= 4 is 6.03 Å². The molecule has 118 valence electrons. The summed E-state index contributed by atoms with van der Waals surface area (Å²) in [5, 5.41) is 5.93. The van der Waals surface area contributed by atoms with Crippen molar-refractivity contribution in [3.05, 3.63) is 35.9 Å². The van der Waals surface area contributed by atoms with E-state index < -0.39 is 0 Å². The number of nitrogens with zero attached hydrogens (tertiary/aromatic N) is 1. The Morgan fingerprint density at radius 2 is 1.71 bits per heavy atom. The lowest BCUT2D eigenvalue weighted by Gasteiger charge is -2.31. The minimum atomic E-state index is -0.221. The van der Waals surface area contributed by atoms with Gasteiger partial charge in [-0.15, -0.1) is 0 Å². The highest BCUT2D eigenvalue weighted by atomic mass is 16.2. The number of hydrogen-bond donors (Lipinski definition) is 2. The Balaban J connectivity index is 2.73. The Hall–Kier alpha value is -1.55. The van der Waals surface area contributed by atoms with Gasteiger partial charge in [-0.3, -0.25) is 4.90 Å². The first-order valence-corrected chi connectivity index (χ1v) is 7.72. The van der Waals surface area contributed by atoms with Crippen LogP contribution in [0.2, 0.25) is 0 Å². The predicted octanol–water partition coefficient (Wildman–Crippen LogP) is 3.17. The fourth-order valence-corrected chi connectivity index (χ4v) is 2.37. The van der Waals surface area contributed by atoms with Crippen LogP contribution in [0.4, 0.5) is 4.79 Å². The molecule has 0 bridgehead atoms. The van der Waals surface area contributed by atoms with Gasteiger partial charge in [-0.2, -0.15) is 0 Å². The second kappa shape index (κ2) is 8.03. The van der Waals surface area contributed by atoms with Crippen LogP contribution in [-0.2, 0) is 0 Å². The number of amides is 2. The number of carbonyl (C=O) groups is 1. The molecule has 0 aromatic heterocycles. The van der Waals surface area contributed by atoms with Crippen molar-refractivity contribution in [2.24, 2.45) is 0 Å². The van der Waals surface area contributed by atoms with Crippen LogP contribution in [0.15, 0.2) is 30.3 Å². The number of carbonyl (C=O) groups excluding carboxylic acids is 1. The molecule has 0 aliphatic rings. The predicted molar refractivity (Wildman–Crippen MR) is 88.4 cm³/mol. The van der Waals surface area contributed by atoms with Crippen molar-refractivity contribution in [2.45, 2.75) is 46.2 Å². The smallest absolute Gasteiger partial charge is 0.315 e. The molecule has 1 unspecified atom stereocenters. The first-order valence-electron chi connectivity index (χ1n) is 7.72. The normalized spacial score (nSPS) is 13.0. The van der Waals surface area contributed by atoms with E-state index in [1.165, 1.54) is 5.56 Å². The molecule has 2 N–H and O–H groups in total. The Morgan fingerprint density at radius 1 is 1.14 bits per heavy atom. The Morgan fingerprint density at radius 3 is 2.19 bits per heavy atom. The lowest BCUT2D eigenvalue weighted by Crippen LogP contribution is -2.48. The summed E-state index contributed by atoms with van der Waals surface area (Å²) < 4.78 is 0. The molecule has 0 saturated carbocycles. The van der Waals surface area contributed by atoms with Crippen LogP contribution in [0, 0.1) is 0 Å². The molecule has 4 nitrogen and oxygen atoms in total. The molecule has 0 saturated heterocycles. The van der Waals surface area contributed by atoms with E-state index in [2.05, 4.69) is 41.5 Å². The number of nitrogens with one attached hydrogen (secondary N) is 2. The van der Waals surface area contributed by atoms with Crippen LogP contribution in [0.3, 0.4) is 0 Å². The largest absolute Gasteiger partial charge is 0.336 e. The van der Waals surface area contributed by atoms with Gasteiger partial charge in [-0.25, -0.2) is 4.79 Å². The van der Waals surface area contributed by atoms with Crippen molar-refractivity contribution in [1.29, 1.82) is 0 Å². The van der Waals surface area contributed by atoms with Crippen LogP contribution in [-0.4, -0.2) is 36.1 Å². The molecule has 0 spiro atoms. The van der Waals surface area contributed by atoms with Crippen molar-refractivity contribution in [3.63, 3.8) is 0 Å². The van der Waals surface area contributed by atoms with E-state index in [1.54, 1.807) is 0 Å². The van der Waals surface area contributed by atoms with Gasteiger partial charge in [0.1, 0.15) is 0 Å². The molecule has 0 heterocycles. The van der Waals surface area contributed by atoms with E-state index in [4.69, 9.17) is 0 Å². The third-order valence-electron chi connectivity index (χ3n) is 3.38. The van der Waals surface area contributed by atoms with Gasteiger partial charge in [-0.05, 0) is 39.4 Å². The maximum atomic E-state index is 12.0. The summed E-state index contributed by atoms with van der Waals surface area (Å²) >= 11 is 0. The highest BCUT2D eigenvalue weighted by Gasteiger charge is 2.20. The summed E-state index contributed by atoms with van der Waals surface area (Å²) in [6, 6.07) is 10.4. The molecule has 1 rings (SSSR count). The summed E-state index contributed by atoms with van der Waals surface area (Å²) in [6.07, 6.45) is 0. The summed E-state index contributed by atoms with van der Waals surface area (Å²) in [5.41, 5.74) is 1.01. The number of likely N-dealkylation sites (N-methyl/N-ethyl adjacent to an activating group) is 1. The minimum Gasteiger partial charge on any atom is -0.336 e. The van der Waals surface area contributed by atoms with Crippen molar-refractivity contribution in [1.82, 2.24) is 15.5 Å². The fraction of sp³-hybridized carbons (Fsp3) is 0.588. The highest BCUT2D eigenvalue weighted by molar-refractivity contribution is 5.74. The van der Waals surface area contributed by atoms with E-state index in [-0.39, 0.29) is 17.6 Å². The lowest BCUT2D eigenvalue weighted by atomic mass is 10.1. The van der Waals surface area contributed by atoms with E-state index in [0.29, 0.717) is 6.54 Å². The van der Waals surface area contributed by atoms with Crippen LogP contribution in [0.1, 0.15) is 46.2 Å². The SMILES string of the molecule is CCN(CC)C(CNC(=O)NC(C)(C)C)c1ccccc1. The number of urea groups is 1. The van der Waals surface area contributed by atoms with Crippen LogP contribution < -0.4 is 10.6 Å². The van der Waals surface area contributed by atoms with Gasteiger partial charge in [0, 0.05) is 12.1 Å². The minimum absolute atomic E-state index is 0.115. The van der Waals surface area contributed by atoms with E-state index in [1.807, 2.05) is 39.0 Å². The monoisotopic (exact) mass is 291 g/mol. The van der Waals surface area contributed by atoms with Gasteiger partial charge in [-0.1, -0.05) is 44.2 Å². The number of hydrogen-bond acceptors (Lipinski definition) is 2. The third kappa shape index (κ3) is 6.17. The maximum absolute atomic E-state index is 12.0. The van der Waals surface area contributed by atoms with Gasteiger partial charge < -0.3 is 10.6 Å². The Bertz CT molecular complexity index is 421. The average molecular weight is 291 g/mol. The van der Waals surface area contributed by atoms with E-state index in [9.17, 15) is 4.79 Å². The molecule has 1 aromatic carbocycles. The summed E-state index contributed by atoms with van der Waals surface area (Å²) in [5.74, 6) is 0. The summed E-state index contributed by atoms with van der Waals surface area (Å²) in [7, 11) is 0. The Labute approximate surface area is 128 Å². The molecular formula is C17H29N3O. The molecule has 0 fully saturated rings. The van der Waals surface area contributed by atoms with Crippen LogP contribution >= 0.6 is 0 Å². The molecule has 0 radical (unpaired) electrons. The van der Waals surface area contributed by atoms with Crippen LogP contribution in [0.25, 0.3) is 0 Å². The third-order valence-corrected chi connectivity index (χ3v) is 3.38. The zero-order valence-electron chi connectivity index (χ0n) is 13.9. The van der Waals surface area contributed by atoms with Gasteiger partial charge in [0.05, 0.1) is 6.04 Å². The van der Waals surface area contributed by atoms with Gasteiger partial charge in [0.2, 0.25) is 0 Å². The van der Waals surface area contributed by atoms with Gasteiger partial charge in [0.25, 0.3) is 0 Å². The molecule has 21 heavy (non-hydrogen) atoms. The molecule has 0 aliphatic carbocycles. The maximum Gasteiger partial charge on any atom is 0.315 e. The van der Waals surface area contributed by atoms with Crippen molar-refractivity contribution in [3.8, 4) is 0 Å². The lowest BCUT2D eigenvalue weighted by molar-refractivity contribution is 0.203. The zero-order valence-corrected chi connectivity index (χ0v) is 13.9. The first kappa shape index (κ1) is 17.5. The van der Waals surface area contributed by atoms with Gasteiger partial charge >= 0.3 is 6.03 Å². The van der Waals surface area contributed by atoms with Crippen molar-refractivity contribution in [2.75, 3.05) is 19.6 Å². The quantitative estimate of drug-likeness (QED) is 0.845. The summed E-state index contributed by atoms with van der Waals surface area (Å²) in [6.45, 7) is 12.7. The van der Waals surface area contributed by atoms with E-state index >= 15 is 0 Å². The zero-order chi connectivity index (χ0) is 15.9.